The van der Waals surface area contributed by atoms with Crippen molar-refractivity contribution in [3.05, 3.63) is 34.3 Å². The number of hydrogen-bond acceptors (Lipinski definition) is 0. The monoisotopic (exact) mass is 197 g/mol. The largest absolute Gasteiger partial charge is 0.0608 e. The van der Waals surface area contributed by atoms with Crippen LogP contribution in [-0.4, -0.2) is 0 Å². The van der Waals surface area contributed by atoms with Gasteiger partial charge in [0.05, 0.1) is 0 Å². The van der Waals surface area contributed by atoms with Gasteiger partial charge in [-0.3, -0.25) is 0 Å². The summed E-state index contributed by atoms with van der Waals surface area (Å²) in [6.45, 7) is 4.33. The van der Waals surface area contributed by atoms with E-state index in [4.69, 9.17) is 0 Å². The predicted octanol–water partition coefficient (Wildman–Crippen LogP) is 3.37. The first kappa shape index (κ1) is 7.80. The van der Waals surface area contributed by atoms with Gasteiger partial charge in [-0.2, -0.15) is 0 Å². The van der Waals surface area contributed by atoms with Crippen molar-refractivity contribution in [3.8, 4) is 0 Å². The van der Waals surface area contributed by atoms with Crippen LogP contribution in [0.2, 0.25) is 0 Å². The first-order valence-corrected chi connectivity index (χ1v) is 4.17. The van der Waals surface area contributed by atoms with Crippen molar-refractivity contribution in [2.75, 3.05) is 0 Å². The van der Waals surface area contributed by atoms with E-state index in [1.54, 1.807) is 0 Å². The zero-order valence-corrected chi connectivity index (χ0v) is 7.77. The molecule has 0 saturated heterocycles. The minimum Gasteiger partial charge on any atom is -0.0608 e. The Morgan fingerprint density at radius 2 is 2.10 bits per heavy atom. The molecule has 1 radical (unpaired) electrons. The second-order valence-electron chi connectivity index (χ2n) is 2.61. The molecule has 53 valence electrons. The Labute approximate surface area is 70.4 Å². The van der Waals surface area contributed by atoms with Gasteiger partial charge in [-0.15, -0.1) is 0 Å². The number of benzene rings is 1. The minimum atomic E-state index is 0.567. The van der Waals surface area contributed by atoms with Crippen LogP contribution in [0.4, 0.5) is 0 Å². The topological polar surface area (TPSA) is 0 Å². The van der Waals surface area contributed by atoms with Crippen LogP contribution in [0.1, 0.15) is 25.3 Å². The third-order valence-electron chi connectivity index (χ3n) is 1.40. The van der Waals surface area contributed by atoms with E-state index in [1.165, 1.54) is 5.56 Å². The number of rotatable bonds is 1. The van der Waals surface area contributed by atoms with Crippen molar-refractivity contribution in [3.63, 3.8) is 0 Å². The summed E-state index contributed by atoms with van der Waals surface area (Å²) in [5.41, 5.74) is 1.26. The molecule has 0 unspecified atom stereocenters. The Hall–Kier alpha value is -0.300. The predicted molar refractivity (Wildman–Crippen MR) is 47.1 cm³/mol. The maximum absolute atomic E-state index is 3.37. The normalized spacial score (nSPS) is 10.4. The van der Waals surface area contributed by atoms with Gasteiger partial charge in [-0.25, -0.2) is 0 Å². The van der Waals surface area contributed by atoms with E-state index in [-0.39, 0.29) is 0 Å². The van der Waals surface area contributed by atoms with E-state index in [9.17, 15) is 0 Å². The van der Waals surface area contributed by atoms with Gasteiger partial charge in [0.25, 0.3) is 0 Å². The quantitative estimate of drug-likeness (QED) is 0.648. The van der Waals surface area contributed by atoms with Crippen LogP contribution < -0.4 is 0 Å². The minimum absolute atomic E-state index is 0.567. The summed E-state index contributed by atoms with van der Waals surface area (Å²) in [6.07, 6.45) is 0. The molecule has 0 heterocycles. The van der Waals surface area contributed by atoms with Gasteiger partial charge in [0.15, 0.2) is 0 Å². The average Bonchev–Trinajstić information content (AvgIpc) is 1.88. The SMILES string of the molecule is CC(C)c1[c]c(Br)ccc1. The molecule has 0 amide bonds. The second-order valence-corrected chi connectivity index (χ2v) is 3.46. The molecule has 1 rings (SSSR count). The van der Waals surface area contributed by atoms with E-state index < -0.39 is 0 Å². The summed E-state index contributed by atoms with van der Waals surface area (Å²) in [7, 11) is 0. The van der Waals surface area contributed by atoms with Crippen molar-refractivity contribution >= 4 is 15.9 Å². The summed E-state index contributed by atoms with van der Waals surface area (Å²) in [5, 5.41) is 0. The maximum Gasteiger partial charge on any atom is 0.0257 e. The molecule has 0 bridgehead atoms. The molecule has 0 N–H and O–H groups in total. The maximum atomic E-state index is 3.37. The third-order valence-corrected chi connectivity index (χ3v) is 1.87. The van der Waals surface area contributed by atoms with Crippen LogP contribution in [0, 0.1) is 6.07 Å². The van der Waals surface area contributed by atoms with Gasteiger partial charge < -0.3 is 0 Å². The fraction of sp³-hybridized carbons (Fsp3) is 0.333. The van der Waals surface area contributed by atoms with Crippen LogP contribution in [0.25, 0.3) is 0 Å². The molecule has 10 heavy (non-hydrogen) atoms. The van der Waals surface area contributed by atoms with Crippen LogP contribution in [0.15, 0.2) is 22.7 Å². The van der Waals surface area contributed by atoms with Crippen molar-refractivity contribution < 1.29 is 0 Å². The van der Waals surface area contributed by atoms with Crippen LogP contribution in [-0.2, 0) is 0 Å². The molecule has 0 nitrogen and oxygen atoms in total. The number of halogens is 1. The lowest BCUT2D eigenvalue weighted by molar-refractivity contribution is 0.864. The smallest absolute Gasteiger partial charge is 0.0257 e. The standard InChI is InChI=1S/C9H10Br/c1-7(2)8-4-3-5-9(10)6-8/h3-5,7H,1-2H3. The molecule has 1 aromatic rings. The molecule has 1 heteroatoms. The molecule has 0 saturated carbocycles. The van der Waals surface area contributed by atoms with Crippen LogP contribution in [0.3, 0.4) is 0 Å². The summed E-state index contributed by atoms with van der Waals surface area (Å²) >= 11 is 3.37. The first-order chi connectivity index (χ1) is 4.70. The molecule has 0 spiro atoms. The Morgan fingerprint density at radius 1 is 1.40 bits per heavy atom. The van der Waals surface area contributed by atoms with Gasteiger partial charge in [0.2, 0.25) is 0 Å². The molecule has 0 aliphatic heterocycles. The van der Waals surface area contributed by atoms with Gasteiger partial charge in [-0.05, 0) is 17.5 Å². The van der Waals surface area contributed by atoms with Gasteiger partial charge >= 0.3 is 0 Å². The van der Waals surface area contributed by atoms with Crippen molar-refractivity contribution in [2.45, 2.75) is 19.8 Å². The lowest BCUT2D eigenvalue weighted by Gasteiger charge is -2.02. The highest BCUT2D eigenvalue weighted by molar-refractivity contribution is 9.10. The molecule has 1 aromatic carbocycles. The lowest BCUT2D eigenvalue weighted by atomic mass is 10.0. The highest BCUT2D eigenvalue weighted by atomic mass is 79.9. The van der Waals surface area contributed by atoms with E-state index in [2.05, 4.69) is 41.9 Å². The molecule has 0 aliphatic rings. The number of hydrogen-bond donors (Lipinski definition) is 0. The van der Waals surface area contributed by atoms with Gasteiger partial charge in [0.1, 0.15) is 0 Å². The molecule has 0 fully saturated rings. The summed E-state index contributed by atoms with van der Waals surface area (Å²) in [6, 6.07) is 9.35. The van der Waals surface area contributed by atoms with Gasteiger partial charge in [-0.1, -0.05) is 41.9 Å². The van der Waals surface area contributed by atoms with Gasteiger partial charge in [0, 0.05) is 10.5 Å². The molecule has 0 atom stereocenters. The summed E-state index contributed by atoms with van der Waals surface area (Å²) < 4.78 is 1.04. The Kier molecular flexibility index (Phi) is 2.50. The Morgan fingerprint density at radius 3 is 2.50 bits per heavy atom. The van der Waals surface area contributed by atoms with Crippen LogP contribution in [0.5, 0.6) is 0 Å². The van der Waals surface area contributed by atoms with Crippen molar-refractivity contribution in [2.24, 2.45) is 0 Å². The van der Waals surface area contributed by atoms with Crippen molar-refractivity contribution in [1.82, 2.24) is 0 Å². The van der Waals surface area contributed by atoms with E-state index >= 15 is 0 Å². The van der Waals surface area contributed by atoms with E-state index in [0.717, 1.165) is 4.47 Å². The zero-order chi connectivity index (χ0) is 7.56. The molecule has 0 aromatic heterocycles. The average molecular weight is 198 g/mol. The van der Waals surface area contributed by atoms with Crippen molar-refractivity contribution in [1.29, 1.82) is 0 Å². The lowest BCUT2D eigenvalue weighted by Crippen LogP contribution is -1.85. The third kappa shape index (κ3) is 1.84. The second kappa shape index (κ2) is 3.20. The zero-order valence-electron chi connectivity index (χ0n) is 6.19. The fourth-order valence-corrected chi connectivity index (χ4v) is 1.18. The molecular formula is C9H10Br. The van der Waals surface area contributed by atoms with Crippen LogP contribution >= 0.6 is 15.9 Å². The first-order valence-electron chi connectivity index (χ1n) is 3.38. The summed E-state index contributed by atoms with van der Waals surface area (Å²) in [5.74, 6) is 0.567. The Balaban J connectivity index is 2.96. The highest BCUT2D eigenvalue weighted by Crippen LogP contribution is 2.17. The fourth-order valence-electron chi connectivity index (χ4n) is 0.794. The summed E-state index contributed by atoms with van der Waals surface area (Å²) in [4.78, 5) is 0. The van der Waals surface area contributed by atoms with E-state index in [1.807, 2.05) is 12.1 Å². The highest BCUT2D eigenvalue weighted by Gasteiger charge is 1.97. The van der Waals surface area contributed by atoms with E-state index in [0.29, 0.717) is 5.92 Å². The molecule has 0 aliphatic carbocycles. The Bertz CT molecular complexity index is 216. The molecular weight excluding hydrogens is 188 g/mol.